The van der Waals surface area contributed by atoms with E-state index in [1.165, 1.54) is 42.5 Å². The van der Waals surface area contributed by atoms with Crippen LogP contribution < -0.4 is 20.9 Å². The minimum atomic E-state index is -5.60. The summed E-state index contributed by atoms with van der Waals surface area (Å²) in [5.41, 5.74) is 14.5. The molecule has 0 unspecified atom stereocenters. The number of hydrogen-bond acceptors (Lipinski definition) is 7. The molecule has 7 nitrogen and oxygen atoms in total. The average Bonchev–Trinajstić information content (AvgIpc) is 2.93. The number of halogens is 5. The number of nitrogen functional groups attached to an aromatic ring is 2. The van der Waals surface area contributed by atoms with Crippen LogP contribution in [0.3, 0.4) is 0 Å². The molecule has 0 aliphatic heterocycles. The minimum Gasteiger partial charge on any atom is -0.494 e. The summed E-state index contributed by atoms with van der Waals surface area (Å²) in [6, 6.07) is 17.1. The Morgan fingerprint density at radius 1 is 0.810 bits per heavy atom. The number of alkyl halides is 5. The summed E-state index contributed by atoms with van der Waals surface area (Å²) in [5.74, 6) is -5.53. The molecule has 0 fully saturated rings. The van der Waals surface area contributed by atoms with Gasteiger partial charge in [-0.15, -0.1) is 0 Å². The molecule has 0 aliphatic carbocycles. The summed E-state index contributed by atoms with van der Waals surface area (Å²) < 4.78 is 78.1. The van der Waals surface area contributed by atoms with E-state index in [-0.39, 0.29) is 30.3 Å². The van der Waals surface area contributed by atoms with E-state index in [0.717, 1.165) is 5.56 Å². The Morgan fingerprint density at radius 3 is 2.12 bits per heavy atom. The van der Waals surface area contributed by atoms with Crippen molar-refractivity contribution in [2.75, 3.05) is 24.7 Å². The van der Waals surface area contributed by atoms with E-state index >= 15 is 0 Å². The third-order valence-electron chi connectivity index (χ3n) is 5.92. The first kappa shape index (κ1) is 31.9. The van der Waals surface area contributed by atoms with Crippen LogP contribution in [0.25, 0.3) is 6.08 Å². The third-order valence-corrected chi connectivity index (χ3v) is 5.92. The highest BCUT2D eigenvalue weighted by atomic mass is 19.4. The molecule has 42 heavy (non-hydrogen) atoms. The average molecular weight is 593 g/mol. The van der Waals surface area contributed by atoms with E-state index in [1.54, 1.807) is 30.3 Å². The van der Waals surface area contributed by atoms with Crippen molar-refractivity contribution in [3.63, 3.8) is 0 Å². The maximum atomic E-state index is 12.9. The van der Waals surface area contributed by atoms with E-state index < -0.39 is 36.9 Å². The number of anilines is 2. The molecule has 0 aromatic heterocycles. The van der Waals surface area contributed by atoms with Crippen LogP contribution in [0.4, 0.5) is 33.3 Å². The minimum absolute atomic E-state index is 0.164. The van der Waals surface area contributed by atoms with Crippen molar-refractivity contribution in [2.45, 2.75) is 37.8 Å². The largest absolute Gasteiger partial charge is 0.494 e. The van der Waals surface area contributed by atoms with Gasteiger partial charge in [-0.3, -0.25) is 0 Å². The van der Waals surface area contributed by atoms with Crippen LogP contribution in [0.15, 0.2) is 72.8 Å². The standard InChI is InChI=1S/C30H29F5N2O5/c31-29(32,30(33,34)35)16-2-18-40-24-13-8-22(9-14-24)28(39)42-25-11-4-20(5-12-25)6-15-27(38)41-17-1-3-21-7-10-23(36)19-26(21)37/h4-15,19H,1-3,16-18,36-37H2. The van der Waals surface area contributed by atoms with Crippen molar-refractivity contribution in [3.05, 3.63) is 89.5 Å². The zero-order chi connectivity index (χ0) is 30.8. The molecule has 0 bridgehead atoms. The van der Waals surface area contributed by atoms with Gasteiger partial charge in [-0.25, -0.2) is 9.59 Å². The van der Waals surface area contributed by atoms with Gasteiger partial charge in [0.15, 0.2) is 0 Å². The van der Waals surface area contributed by atoms with Crippen molar-refractivity contribution >= 4 is 29.4 Å². The molecule has 3 rings (SSSR count). The molecular formula is C30H29F5N2O5. The van der Waals surface area contributed by atoms with Gasteiger partial charge in [-0.2, -0.15) is 22.0 Å². The molecule has 0 amide bonds. The zero-order valence-electron chi connectivity index (χ0n) is 22.3. The first-order valence-electron chi connectivity index (χ1n) is 12.8. The fraction of sp³-hybridized carbons (Fsp3) is 0.267. The molecular weight excluding hydrogens is 563 g/mol. The fourth-order valence-electron chi connectivity index (χ4n) is 3.61. The highest BCUT2D eigenvalue weighted by Gasteiger charge is 2.56. The van der Waals surface area contributed by atoms with Crippen molar-refractivity contribution in [1.29, 1.82) is 0 Å². The van der Waals surface area contributed by atoms with Crippen LogP contribution in [-0.4, -0.2) is 37.3 Å². The lowest BCUT2D eigenvalue weighted by atomic mass is 10.1. The van der Waals surface area contributed by atoms with Gasteiger partial charge in [-0.1, -0.05) is 18.2 Å². The predicted molar refractivity (Wildman–Crippen MR) is 147 cm³/mol. The summed E-state index contributed by atoms with van der Waals surface area (Å²) in [7, 11) is 0. The van der Waals surface area contributed by atoms with E-state index in [2.05, 4.69) is 0 Å². The Labute approximate surface area is 238 Å². The quantitative estimate of drug-likeness (QED) is 0.0573. The molecule has 0 aliphatic rings. The predicted octanol–water partition coefficient (Wildman–Crippen LogP) is 6.62. The van der Waals surface area contributed by atoms with E-state index in [1.807, 2.05) is 6.07 Å². The van der Waals surface area contributed by atoms with Crippen LogP contribution >= 0.6 is 0 Å². The van der Waals surface area contributed by atoms with Crippen LogP contribution in [0.2, 0.25) is 0 Å². The Hall–Kier alpha value is -4.61. The lowest BCUT2D eigenvalue weighted by molar-refractivity contribution is -0.284. The summed E-state index contributed by atoms with van der Waals surface area (Å²) in [6.45, 7) is -0.135. The van der Waals surface area contributed by atoms with Gasteiger partial charge in [0, 0.05) is 23.9 Å². The number of ether oxygens (including phenoxy) is 3. The number of nitrogens with two attached hydrogens (primary N) is 2. The molecule has 12 heteroatoms. The molecule has 4 N–H and O–H groups in total. The number of carbonyl (C=O) groups is 2. The number of hydrogen-bond donors (Lipinski definition) is 2. The lowest BCUT2D eigenvalue weighted by Crippen LogP contribution is -2.36. The Bertz CT molecular complexity index is 1370. The van der Waals surface area contributed by atoms with Crippen LogP contribution in [0, 0.1) is 0 Å². The topological polar surface area (TPSA) is 114 Å². The fourth-order valence-corrected chi connectivity index (χ4v) is 3.61. The SMILES string of the molecule is Nc1ccc(CCCOC(=O)C=Cc2ccc(OC(=O)c3ccc(OCCCC(F)(F)C(F)(F)F)cc3)cc2)c(N)c1. The maximum Gasteiger partial charge on any atom is 0.453 e. The zero-order valence-corrected chi connectivity index (χ0v) is 22.3. The number of benzene rings is 3. The molecule has 0 saturated carbocycles. The highest BCUT2D eigenvalue weighted by molar-refractivity contribution is 5.91. The van der Waals surface area contributed by atoms with Crippen molar-refractivity contribution in [3.8, 4) is 11.5 Å². The second-order valence-corrected chi connectivity index (χ2v) is 9.20. The van der Waals surface area contributed by atoms with Gasteiger partial charge in [0.05, 0.1) is 18.8 Å². The maximum absolute atomic E-state index is 12.9. The van der Waals surface area contributed by atoms with Gasteiger partial charge >= 0.3 is 24.0 Å². The van der Waals surface area contributed by atoms with Crippen LogP contribution in [0.5, 0.6) is 11.5 Å². The number of rotatable bonds is 13. The van der Waals surface area contributed by atoms with Crippen LogP contribution in [0.1, 0.15) is 40.7 Å². The Morgan fingerprint density at radius 2 is 1.48 bits per heavy atom. The number of carbonyl (C=O) groups excluding carboxylic acids is 2. The summed E-state index contributed by atoms with van der Waals surface area (Å²) in [4.78, 5) is 24.4. The monoisotopic (exact) mass is 592 g/mol. The summed E-state index contributed by atoms with van der Waals surface area (Å²) in [6.07, 6.45) is -3.43. The molecule has 0 atom stereocenters. The number of aryl methyl sites for hydroxylation is 1. The molecule has 0 saturated heterocycles. The van der Waals surface area contributed by atoms with Crippen LogP contribution in [-0.2, 0) is 16.0 Å². The smallest absolute Gasteiger partial charge is 0.453 e. The van der Waals surface area contributed by atoms with Gasteiger partial charge in [0.25, 0.3) is 0 Å². The third kappa shape index (κ3) is 9.79. The molecule has 3 aromatic rings. The van der Waals surface area contributed by atoms with E-state index in [0.29, 0.717) is 29.8 Å². The van der Waals surface area contributed by atoms with Crippen molar-refractivity contribution in [2.24, 2.45) is 0 Å². The van der Waals surface area contributed by atoms with Gasteiger partial charge < -0.3 is 25.7 Å². The normalized spacial score (nSPS) is 11.8. The number of esters is 2. The molecule has 224 valence electrons. The first-order chi connectivity index (χ1) is 19.8. The molecule has 0 spiro atoms. The van der Waals surface area contributed by atoms with E-state index in [9.17, 15) is 31.5 Å². The molecule has 0 heterocycles. The molecule has 3 aromatic carbocycles. The van der Waals surface area contributed by atoms with Crippen molar-refractivity contribution < 1.29 is 45.8 Å². The second kappa shape index (κ2) is 14.3. The lowest BCUT2D eigenvalue weighted by Gasteiger charge is -2.19. The highest BCUT2D eigenvalue weighted by Crippen LogP contribution is 2.38. The molecule has 0 radical (unpaired) electrons. The van der Waals surface area contributed by atoms with E-state index in [4.69, 9.17) is 25.7 Å². The Balaban J connectivity index is 1.39. The van der Waals surface area contributed by atoms with Crippen molar-refractivity contribution in [1.82, 2.24) is 0 Å². The second-order valence-electron chi connectivity index (χ2n) is 9.20. The first-order valence-corrected chi connectivity index (χ1v) is 12.8. The Kier molecular flexibility index (Phi) is 10.9. The van der Waals surface area contributed by atoms with Gasteiger partial charge in [0.1, 0.15) is 11.5 Å². The van der Waals surface area contributed by atoms with Gasteiger partial charge in [-0.05, 0) is 85.0 Å². The van der Waals surface area contributed by atoms with Gasteiger partial charge in [0.2, 0.25) is 0 Å². The summed E-state index contributed by atoms with van der Waals surface area (Å²) in [5, 5.41) is 0. The summed E-state index contributed by atoms with van der Waals surface area (Å²) >= 11 is 0.